The van der Waals surface area contributed by atoms with Crippen LogP contribution in [-0.4, -0.2) is 47.5 Å². The molecule has 1 atom stereocenters. The number of amides is 1. The summed E-state index contributed by atoms with van der Waals surface area (Å²) < 4.78 is 1.74. The Kier molecular flexibility index (Phi) is 4.28. The highest BCUT2D eigenvalue weighted by atomic mass is 16.3. The molecule has 5 rings (SSSR count). The van der Waals surface area contributed by atoms with Gasteiger partial charge in [0.2, 0.25) is 5.91 Å². The molecule has 1 aromatic carbocycles. The molecule has 0 unspecified atom stereocenters. The quantitative estimate of drug-likeness (QED) is 0.462. The van der Waals surface area contributed by atoms with Gasteiger partial charge in [-0.3, -0.25) is 9.89 Å². The van der Waals surface area contributed by atoms with Crippen LogP contribution < -0.4 is 5.32 Å². The molecule has 1 aliphatic rings. The van der Waals surface area contributed by atoms with E-state index in [1.54, 1.807) is 17.1 Å². The van der Waals surface area contributed by atoms with E-state index in [-0.39, 0.29) is 18.4 Å². The van der Waals surface area contributed by atoms with Crippen molar-refractivity contribution in [2.75, 3.05) is 6.54 Å². The number of aliphatic hydroxyl groups excluding tert-OH is 1. The lowest BCUT2D eigenvalue weighted by atomic mass is 10.1. The summed E-state index contributed by atoms with van der Waals surface area (Å²) in [6, 6.07) is 9.59. The smallest absolute Gasteiger partial charge is 0.223 e. The molecule has 0 aliphatic heterocycles. The highest BCUT2D eigenvalue weighted by Crippen LogP contribution is 2.29. The standard InChI is InChI=1S/C20H19N7O2/c28-17(10-22-20(29)12-4-5-12)14-6-15-9-25-27(19(15)21-8-14)16-3-1-2-13(7-16)18-23-11-24-26-18/h1-3,6-9,11-12,17,28H,4-5,10H2,(H,22,29)(H,23,24,26)/t17-/m1/s1. The molecule has 9 heteroatoms. The van der Waals surface area contributed by atoms with Crippen molar-refractivity contribution in [2.45, 2.75) is 18.9 Å². The Hall–Kier alpha value is -3.59. The maximum absolute atomic E-state index is 11.8. The number of nitrogens with one attached hydrogen (secondary N) is 2. The molecular formula is C20H19N7O2. The number of hydrogen-bond acceptors (Lipinski definition) is 6. The average molecular weight is 389 g/mol. The molecule has 1 aliphatic carbocycles. The van der Waals surface area contributed by atoms with E-state index in [2.05, 4.69) is 30.6 Å². The van der Waals surface area contributed by atoms with Crippen LogP contribution in [0.25, 0.3) is 28.1 Å². The minimum Gasteiger partial charge on any atom is -0.387 e. The predicted octanol–water partition coefficient (Wildman–Crippen LogP) is 1.77. The summed E-state index contributed by atoms with van der Waals surface area (Å²) in [6.07, 6.45) is 5.86. The van der Waals surface area contributed by atoms with Gasteiger partial charge in [0, 0.05) is 35.2 Å². The van der Waals surface area contributed by atoms with Crippen LogP contribution in [0.15, 0.2) is 49.1 Å². The van der Waals surface area contributed by atoms with Gasteiger partial charge in [-0.2, -0.15) is 10.2 Å². The number of carbonyl (C=O) groups excluding carboxylic acids is 1. The molecule has 0 bridgehead atoms. The largest absolute Gasteiger partial charge is 0.387 e. The molecule has 29 heavy (non-hydrogen) atoms. The molecule has 3 heterocycles. The summed E-state index contributed by atoms with van der Waals surface area (Å²) in [6.45, 7) is 0.176. The Morgan fingerprint density at radius 3 is 2.97 bits per heavy atom. The van der Waals surface area contributed by atoms with Gasteiger partial charge < -0.3 is 10.4 Å². The van der Waals surface area contributed by atoms with E-state index >= 15 is 0 Å². The van der Waals surface area contributed by atoms with E-state index in [0.29, 0.717) is 17.0 Å². The molecule has 3 N–H and O–H groups in total. The number of aromatic nitrogens is 6. The van der Waals surface area contributed by atoms with Gasteiger partial charge in [-0.25, -0.2) is 14.6 Å². The molecule has 4 aromatic rings. The Balaban J connectivity index is 1.39. The lowest BCUT2D eigenvalue weighted by Gasteiger charge is -2.12. The molecule has 0 spiro atoms. The molecule has 1 amide bonds. The third-order valence-corrected chi connectivity index (χ3v) is 5.01. The number of pyridine rings is 1. The van der Waals surface area contributed by atoms with Crippen molar-refractivity contribution in [1.29, 1.82) is 0 Å². The minimum atomic E-state index is -0.812. The molecule has 3 aromatic heterocycles. The number of aliphatic hydroxyl groups is 1. The van der Waals surface area contributed by atoms with Crippen molar-refractivity contribution in [3.63, 3.8) is 0 Å². The minimum absolute atomic E-state index is 0.0116. The zero-order valence-corrected chi connectivity index (χ0v) is 15.5. The molecule has 1 saturated carbocycles. The molecule has 146 valence electrons. The number of carbonyl (C=O) groups is 1. The molecular weight excluding hydrogens is 370 g/mol. The van der Waals surface area contributed by atoms with Crippen LogP contribution in [0.2, 0.25) is 0 Å². The SMILES string of the molecule is O=C(NC[C@@H](O)c1cnc2c(cnn2-c2cccc(-c3ncn[nH]3)c2)c1)C1CC1. The summed E-state index contributed by atoms with van der Waals surface area (Å²) in [5, 5.41) is 25.2. The van der Waals surface area contributed by atoms with Crippen molar-refractivity contribution in [3.05, 3.63) is 54.6 Å². The van der Waals surface area contributed by atoms with Crippen LogP contribution in [0.3, 0.4) is 0 Å². The van der Waals surface area contributed by atoms with Gasteiger partial charge in [-0.05, 0) is 31.0 Å². The van der Waals surface area contributed by atoms with Gasteiger partial charge in [0.05, 0.1) is 18.0 Å². The Bertz CT molecular complexity index is 1160. The molecule has 0 saturated heterocycles. The number of H-pyrrole nitrogens is 1. The number of aromatic amines is 1. The van der Waals surface area contributed by atoms with E-state index in [4.69, 9.17) is 0 Å². The second-order valence-electron chi connectivity index (χ2n) is 7.16. The fourth-order valence-corrected chi connectivity index (χ4v) is 3.24. The monoisotopic (exact) mass is 389 g/mol. The summed E-state index contributed by atoms with van der Waals surface area (Å²) in [5.41, 5.74) is 3.05. The zero-order chi connectivity index (χ0) is 19.8. The Labute approximate surface area is 165 Å². The zero-order valence-electron chi connectivity index (χ0n) is 15.5. The van der Waals surface area contributed by atoms with Gasteiger partial charge in [0.25, 0.3) is 0 Å². The number of rotatable bonds is 6. The molecule has 1 fully saturated rings. The van der Waals surface area contributed by atoms with Gasteiger partial charge in [0.1, 0.15) is 6.33 Å². The number of hydrogen-bond donors (Lipinski definition) is 3. The van der Waals surface area contributed by atoms with Crippen LogP contribution in [0.5, 0.6) is 0 Å². The van der Waals surface area contributed by atoms with Crippen LogP contribution in [-0.2, 0) is 4.79 Å². The van der Waals surface area contributed by atoms with Gasteiger partial charge >= 0.3 is 0 Å². The normalized spacial score (nSPS) is 14.8. The second kappa shape index (κ2) is 7.10. The maximum Gasteiger partial charge on any atom is 0.223 e. The first kappa shape index (κ1) is 17.5. The van der Waals surface area contributed by atoms with Crippen LogP contribution in [0, 0.1) is 5.92 Å². The Morgan fingerprint density at radius 2 is 2.17 bits per heavy atom. The van der Waals surface area contributed by atoms with Gasteiger partial charge in [-0.15, -0.1) is 0 Å². The van der Waals surface area contributed by atoms with E-state index < -0.39 is 6.10 Å². The van der Waals surface area contributed by atoms with Crippen LogP contribution in [0.4, 0.5) is 0 Å². The lowest BCUT2D eigenvalue weighted by Crippen LogP contribution is -2.29. The van der Waals surface area contributed by atoms with Crippen molar-refractivity contribution in [2.24, 2.45) is 5.92 Å². The fourth-order valence-electron chi connectivity index (χ4n) is 3.24. The topological polar surface area (TPSA) is 122 Å². The van der Waals surface area contributed by atoms with Crippen LogP contribution in [0.1, 0.15) is 24.5 Å². The highest BCUT2D eigenvalue weighted by Gasteiger charge is 2.29. The third kappa shape index (κ3) is 3.47. The molecule has 9 nitrogen and oxygen atoms in total. The summed E-state index contributed by atoms with van der Waals surface area (Å²) >= 11 is 0. The second-order valence-corrected chi connectivity index (χ2v) is 7.16. The van der Waals surface area contributed by atoms with Crippen molar-refractivity contribution in [1.82, 2.24) is 35.3 Å². The van der Waals surface area contributed by atoms with E-state index in [9.17, 15) is 9.90 Å². The van der Waals surface area contributed by atoms with Crippen LogP contribution >= 0.6 is 0 Å². The van der Waals surface area contributed by atoms with Crippen molar-refractivity contribution in [3.8, 4) is 17.1 Å². The fraction of sp³-hybridized carbons (Fsp3) is 0.250. The summed E-state index contributed by atoms with van der Waals surface area (Å²) in [4.78, 5) is 20.4. The van der Waals surface area contributed by atoms with Gasteiger partial charge in [0.15, 0.2) is 11.5 Å². The number of nitrogens with zero attached hydrogens (tertiary/aromatic N) is 5. The highest BCUT2D eigenvalue weighted by molar-refractivity contribution is 5.81. The third-order valence-electron chi connectivity index (χ3n) is 5.01. The lowest BCUT2D eigenvalue weighted by molar-refractivity contribution is -0.122. The van der Waals surface area contributed by atoms with Crippen molar-refractivity contribution < 1.29 is 9.90 Å². The van der Waals surface area contributed by atoms with E-state index in [1.807, 2.05) is 30.3 Å². The Morgan fingerprint density at radius 1 is 1.28 bits per heavy atom. The predicted molar refractivity (Wildman–Crippen MR) is 105 cm³/mol. The first-order chi connectivity index (χ1) is 14.2. The maximum atomic E-state index is 11.8. The van der Waals surface area contributed by atoms with Crippen molar-refractivity contribution >= 4 is 16.9 Å². The first-order valence-corrected chi connectivity index (χ1v) is 9.44. The van der Waals surface area contributed by atoms with E-state index in [1.165, 1.54) is 6.33 Å². The number of fused-ring (bicyclic) bond motifs is 1. The molecule has 0 radical (unpaired) electrons. The van der Waals surface area contributed by atoms with Gasteiger partial charge in [-0.1, -0.05) is 12.1 Å². The van der Waals surface area contributed by atoms with E-state index in [0.717, 1.165) is 29.5 Å². The summed E-state index contributed by atoms with van der Waals surface area (Å²) in [5.74, 6) is 0.807. The first-order valence-electron chi connectivity index (χ1n) is 9.44. The average Bonchev–Trinajstić information content (AvgIpc) is 3.29. The number of benzene rings is 1. The summed E-state index contributed by atoms with van der Waals surface area (Å²) in [7, 11) is 0.